The van der Waals surface area contributed by atoms with Crippen LogP contribution in [0.15, 0.2) is 4.99 Å². The zero-order valence-corrected chi connectivity index (χ0v) is 17.6. The van der Waals surface area contributed by atoms with Crippen molar-refractivity contribution in [2.45, 2.75) is 40.0 Å². The van der Waals surface area contributed by atoms with Crippen LogP contribution in [0, 0.1) is 5.92 Å². The Morgan fingerprint density at radius 3 is 2.37 bits per heavy atom. The van der Waals surface area contributed by atoms with E-state index in [1.54, 1.807) is 0 Å². The molecule has 7 nitrogen and oxygen atoms in total. The maximum Gasteiger partial charge on any atom is 0.225 e. The number of amides is 1. The molecule has 0 aliphatic carbocycles. The van der Waals surface area contributed by atoms with Crippen LogP contribution < -0.4 is 5.32 Å². The molecule has 2 heterocycles. The topological polar surface area (TPSA) is 60.4 Å². The Morgan fingerprint density at radius 2 is 1.78 bits per heavy atom. The SMILES string of the molecule is CCCN(CC)CCN=C(NCC)N1CCC(C(=O)N2CCOCC2)CC1. The van der Waals surface area contributed by atoms with E-state index in [9.17, 15) is 4.79 Å². The summed E-state index contributed by atoms with van der Waals surface area (Å²) in [6.45, 7) is 16.1. The van der Waals surface area contributed by atoms with Crippen LogP contribution in [0.3, 0.4) is 0 Å². The molecule has 27 heavy (non-hydrogen) atoms. The molecule has 1 N–H and O–H groups in total. The van der Waals surface area contributed by atoms with Crippen molar-refractivity contribution in [3.8, 4) is 0 Å². The van der Waals surface area contributed by atoms with Crippen LogP contribution in [0.2, 0.25) is 0 Å². The lowest BCUT2D eigenvalue weighted by Crippen LogP contribution is -2.50. The fourth-order valence-electron chi connectivity index (χ4n) is 3.85. The number of aliphatic imine (C=N–C) groups is 1. The highest BCUT2D eigenvalue weighted by Gasteiger charge is 2.30. The third-order valence-corrected chi connectivity index (χ3v) is 5.47. The summed E-state index contributed by atoms with van der Waals surface area (Å²) in [7, 11) is 0. The molecule has 0 saturated carbocycles. The zero-order valence-electron chi connectivity index (χ0n) is 17.6. The molecule has 7 heteroatoms. The van der Waals surface area contributed by atoms with Crippen molar-refractivity contribution >= 4 is 11.9 Å². The van der Waals surface area contributed by atoms with Gasteiger partial charge in [-0.3, -0.25) is 9.79 Å². The van der Waals surface area contributed by atoms with Crippen LogP contribution in [0.4, 0.5) is 0 Å². The van der Waals surface area contributed by atoms with Crippen LogP contribution in [0.1, 0.15) is 40.0 Å². The molecule has 0 unspecified atom stereocenters. The number of nitrogens with zero attached hydrogens (tertiary/aromatic N) is 4. The van der Waals surface area contributed by atoms with Gasteiger partial charge in [-0.2, -0.15) is 0 Å². The monoisotopic (exact) mass is 381 g/mol. The van der Waals surface area contributed by atoms with Crippen molar-refractivity contribution < 1.29 is 9.53 Å². The zero-order chi connectivity index (χ0) is 19.5. The predicted octanol–water partition coefficient (Wildman–Crippen LogP) is 1.25. The summed E-state index contributed by atoms with van der Waals surface area (Å²) in [6, 6.07) is 0. The van der Waals surface area contributed by atoms with Gasteiger partial charge in [0.15, 0.2) is 5.96 Å². The lowest BCUT2D eigenvalue weighted by molar-refractivity contribution is -0.140. The second-order valence-corrected chi connectivity index (χ2v) is 7.37. The molecular formula is C20H39N5O2. The molecule has 0 aromatic carbocycles. The number of likely N-dealkylation sites (N-methyl/N-ethyl adjacent to an activating group) is 1. The Hall–Kier alpha value is -1.34. The Morgan fingerprint density at radius 1 is 1.07 bits per heavy atom. The normalized spacial score (nSPS) is 19.6. The number of hydrogen-bond donors (Lipinski definition) is 1. The lowest BCUT2D eigenvalue weighted by atomic mass is 9.95. The molecule has 2 saturated heterocycles. The quantitative estimate of drug-likeness (QED) is 0.507. The molecule has 2 rings (SSSR count). The van der Waals surface area contributed by atoms with Crippen LogP contribution in [-0.2, 0) is 9.53 Å². The number of guanidine groups is 1. The molecule has 2 fully saturated rings. The highest BCUT2D eigenvalue weighted by Crippen LogP contribution is 2.20. The number of likely N-dealkylation sites (tertiary alicyclic amines) is 1. The number of piperidine rings is 1. The minimum Gasteiger partial charge on any atom is -0.378 e. The summed E-state index contributed by atoms with van der Waals surface area (Å²) in [5.74, 6) is 1.47. The van der Waals surface area contributed by atoms with Gasteiger partial charge >= 0.3 is 0 Å². The van der Waals surface area contributed by atoms with Crippen molar-refractivity contribution in [1.82, 2.24) is 20.0 Å². The van der Waals surface area contributed by atoms with Gasteiger partial charge in [-0.1, -0.05) is 13.8 Å². The molecular weight excluding hydrogens is 342 g/mol. The first-order valence-electron chi connectivity index (χ1n) is 10.8. The van der Waals surface area contributed by atoms with Crippen molar-refractivity contribution in [1.29, 1.82) is 0 Å². The number of morpholine rings is 1. The summed E-state index contributed by atoms with van der Waals surface area (Å²) in [5, 5.41) is 3.43. The minimum absolute atomic E-state index is 0.155. The molecule has 0 spiro atoms. The van der Waals surface area contributed by atoms with E-state index in [1.165, 1.54) is 6.42 Å². The average Bonchev–Trinajstić information content (AvgIpc) is 2.72. The molecule has 1 amide bonds. The molecule has 0 atom stereocenters. The Kier molecular flexibility index (Phi) is 9.91. The van der Waals surface area contributed by atoms with Crippen molar-refractivity contribution in [3.05, 3.63) is 0 Å². The number of nitrogens with one attached hydrogen (secondary N) is 1. The second kappa shape index (κ2) is 12.2. The molecule has 0 bridgehead atoms. The van der Waals surface area contributed by atoms with E-state index < -0.39 is 0 Å². The molecule has 0 aromatic rings. The van der Waals surface area contributed by atoms with E-state index in [2.05, 4.69) is 35.9 Å². The van der Waals surface area contributed by atoms with E-state index in [4.69, 9.17) is 9.73 Å². The number of carbonyl (C=O) groups excluding carboxylic acids is 1. The standard InChI is InChI=1S/C20H39N5O2/c1-4-10-23(6-3)13-9-22-20(21-5-2)25-11-7-18(8-12-25)19(26)24-14-16-27-17-15-24/h18H,4-17H2,1-3H3,(H,21,22). The van der Waals surface area contributed by atoms with Gasteiger partial charge in [-0.05, 0) is 39.3 Å². The van der Waals surface area contributed by atoms with E-state index >= 15 is 0 Å². The maximum atomic E-state index is 12.7. The lowest BCUT2D eigenvalue weighted by Gasteiger charge is -2.36. The van der Waals surface area contributed by atoms with Gasteiger partial charge in [-0.25, -0.2) is 0 Å². The Labute approximate surface area is 165 Å². The highest BCUT2D eigenvalue weighted by atomic mass is 16.5. The Balaban J connectivity index is 1.82. The number of rotatable bonds is 8. The summed E-state index contributed by atoms with van der Waals surface area (Å²) in [6.07, 6.45) is 3.01. The van der Waals surface area contributed by atoms with Crippen molar-refractivity contribution in [2.75, 3.05) is 72.1 Å². The van der Waals surface area contributed by atoms with E-state index in [0.29, 0.717) is 19.1 Å². The number of ether oxygens (including phenoxy) is 1. The largest absolute Gasteiger partial charge is 0.378 e. The molecule has 0 aromatic heterocycles. The minimum atomic E-state index is 0.155. The summed E-state index contributed by atoms with van der Waals surface area (Å²) in [5.41, 5.74) is 0. The molecule has 2 aliphatic rings. The fourth-order valence-corrected chi connectivity index (χ4v) is 3.85. The van der Waals surface area contributed by atoms with Gasteiger partial charge in [0.05, 0.1) is 19.8 Å². The van der Waals surface area contributed by atoms with Crippen LogP contribution in [0.5, 0.6) is 0 Å². The smallest absolute Gasteiger partial charge is 0.225 e. The van der Waals surface area contributed by atoms with Crippen LogP contribution in [0.25, 0.3) is 0 Å². The average molecular weight is 382 g/mol. The van der Waals surface area contributed by atoms with Crippen LogP contribution >= 0.6 is 0 Å². The predicted molar refractivity (Wildman–Crippen MR) is 110 cm³/mol. The van der Waals surface area contributed by atoms with Gasteiger partial charge in [0.1, 0.15) is 0 Å². The summed E-state index contributed by atoms with van der Waals surface area (Å²) >= 11 is 0. The second-order valence-electron chi connectivity index (χ2n) is 7.37. The first-order valence-corrected chi connectivity index (χ1v) is 10.8. The summed E-state index contributed by atoms with van der Waals surface area (Å²) in [4.78, 5) is 24.3. The molecule has 2 aliphatic heterocycles. The summed E-state index contributed by atoms with van der Waals surface area (Å²) < 4.78 is 5.36. The van der Waals surface area contributed by atoms with Gasteiger partial charge in [0.2, 0.25) is 5.91 Å². The highest BCUT2D eigenvalue weighted by molar-refractivity contribution is 5.81. The van der Waals surface area contributed by atoms with Crippen LogP contribution in [-0.4, -0.2) is 98.7 Å². The number of carbonyl (C=O) groups is 1. The molecule has 156 valence electrons. The first-order chi connectivity index (χ1) is 13.2. The fraction of sp³-hybridized carbons (Fsp3) is 0.900. The van der Waals surface area contributed by atoms with Gasteiger partial charge in [0.25, 0.3) is 0 Å². The van der Waals surface area contributed by atoms with Gasteiger partial charge in [0, 0.05) is 45.2 Å². The third-order valence-electron chi connectivity index (χ3n) is 5.47. The van der Waals surface area contributed by atoms with Gasteiger partial charge in [-0.15, -0.1) is 0 Å². The van der Waals surface area contributed by atoms with E-state index in [1.807, 2.05) is 4.90 Å². The third kappa shape index (κ3) is 6.96. The Bertz CT molecular complexity index is 457. The van der Waals surface area contributed by atoms with E-state index in [0.717, 1.165) is 77.7 Å². The first kappa shape index (κ1) is 22.0. The van der Waals surface area contributed by atoms with Crippen molar-refractivity contribution in [2.24, 2.45) is 10.9 Å². The van der Waals surface area contributed by atoms with E-state index in [-0.39, 0.29) is 5.92 Å². The van der Waals surface area contributed by atoms with Gasteiger partial charge < -0.3 is 24.8 Å². The number of hydrogen-bond acceptors (Lipinski definition) is 4. The maximum absolute atomic E-state index is 12.7. The van der Waals surface area contributed by atoms with Crippen molar-refractivity contribution in [3.63, 3.8) is 0 Å². The molecule has 0 radical (unpaired) electrons.